The predicted molar refractivity (Wildman–Crippen MR) is 64.5 cm³/mol. The van der Waals surface area contributed by atoms with E-state index in [4.69, 9.17) is 0 Å². The predicted octanol–water partition coefficient (Wildman–Crippen LogP) is 1.92. The summed E-state index contributed by atoms with van der Waals surface area (Å²) in [4.78, 5) is 4.05. The van der Waals surface area contributed by atoms with Gasteiger partial charge < -0.3 is 0 Å². The van der Waals surface area contributed by atoms with Gasteiger partial charge in [-0.05, 0) is 34.3 Å². The van der Waals surface area contributed by atoms with Gasteiger partial charge in [-0.25, -0.2) is 13.1 Å². The summed E-state index contributed by atoms with van der Waals surface area (Å²) in [5, 5.41) is 0. The Morgan fingerprint density at radius 1 is 1.44 bits per heavy atom. The Morgan fingerprint density at radius 2 is 2.19 bits per heavy atom. The minimum absolute atomic E-state index is 0.206. The number of nitrogens with zero attached hydrogens (tertiary/aromatic N) is 1. The Hall–Kier alpha value is -0.460. The molecule has 6 heteroatoms. The van der Waals surface area contributed by atoms with Crippen molar-refractivity contribution in [1.29, 1.82) is 0 Å². The maximum absolute atomic E-state index is 11.8. The van der Waals surface area contributed by atoms with Crippen LogP contribution in [0.4, 0.5) is 0 Å². The molecule has 0 radical (unpaired) electrons. The van der Waals surface area contributed by atoms with Gasteiger partial charge >= 0.3 is 0 Å². The average molecular weight is 305 g/mol. The van der Waals surface area contributed by atoms with Gasteiger partial charge in [0, 0.05) is 23.4 Å². The highest BCUT2D eigenvalue weighted by molar-refractivity contribution is 9.10. The largest absolute Gasteiger partial charge is 0.262 e. The maximum Gasteiger partial charge on any atom is 0.242 e. The number of hydrogen-bond acceptors (Lipinski definition) is 3. The van der Waals surface area contributed by atoms with Gasteiger partial charge in [0.25, 0.3) is 0 Å². The lowest BCUT2D eigenvalue weighted by molar-refractivity contribution is 0.575. The van der Waals surface area contributed by atoms with Crippen LogP contribution in [-0.2, 0) is 10.0 Å². The quantitative estimate of drug-likeness (QED) is 0.904. The smallest absolute Gasteiger partial charge is 0.242 e. The van der Waals surface area contributed by atoms with E-state index in [9.17, 15) is 8.42 Å². The first-order valence-corrected chi connectivity index (χ1v) is 7.46. The third-order valence-electron chi connectivity index (χ3n) is 2.53. The van der Waals surface area contributed by atoms with Crippen LogP contribution in [0.15, 0.2) is 27.8 Å². The summed E-state index contributed by atoms with van der Waals surface area (Å²) in [6, 6.07) is 1.55. The molecule has 1 aliphatic rings. The topological polar surface area (TPSA) is 59.1 Å². The van der Waals surface area contributed by atoms with Gasteiger partial charge in [-0.3, -0.25) is 4.98 Å². The molecule has 0 bridgehead atoms. The molecule has 1 saturated carbocycles. The number of halogens is 1. The van der Waals surface area contributed by atoms with Crippen LogP contribution in [0, 0.1) is 5.92 Å². The molecule has 0 spiro atoms. The summed E-state index contributed by atoms with van der Waals surface area (Å²) in [6.45, 7) is 0.513. The first-order chi connectivity index (χ1) is 7.58. The summed E-state index contributed by atoms with van der Waals surface area (Å²) in [7, 11) is -3.39. The van der Waals surface area contributed by atoms with Crippen LogP contribution in [0.2, 0.25) is 0 Å². The molecule has 0 saturated heterocycles. The SMILES string of the molecule is O=S(=O)(NCCC1CC1)c1cncc(Br)c1. The highest BCUT2D eigenvalue weighted by atomic mass is 79.9. The van der Waals surface area contributed by atoms with Crippen LogP contribution < -0.4 is 4.72 Å². The van der Waals surface area contributed by atoms with Crippen LogP contribution in [0.3, 0.4) is 0 Å². The van der Waals surface area contributed by atoms with E-state index >= 15 is 0 Å². The second-order valence-corrected chi connectivity index (χ2v) is 6.65. The molecule has 0 aliphatic heterocycles. The summed E-state index contributed by atoms with van der Waals surface area (Å²) >= 11 is 3.20. The molecule has 1 N–H and O–H groups in total. The van der Waals surface area contributed by atoms with Crippen LogP contribution in [0.5, 0.6) is 0 Å². The number of sulfonamides is 1. The van der Waals surface area contributed by atoms with Crippen molar-refractivity contribution in [3.05, 3.63) is 22.9 Å². The standard InChI is InChI=1S/C10H13BrN2O2S/c11-9-5-10(7-12-6-9)16(14,15)13-4-3-8-1-2-8/h5-8,13H,1-4H2. The number of hydrogen-bond donors (Lipinski definition) is 1. The van der Waals surface area contributed by atoms with Crippen LogP contribution in [0.25, 0.3) is 0 Å². The fraction of sp³-hybridized carbons (Fsp3) is 0.500. The lowest BCUT2D eigenvalue weighted by atomic mass is 10.3. The molecule has 1 heterocycles. The van der Waals surface area contributed by atoms with Crippen molar-refractivity contribution < 1.29 is 8.42 Å². The zero-order valence-electron chi connectivity index (χ0n) is 8.69. The second kappa shape index (κ2) is 4.81. The number of rotatable bonds is 5. The molecule has 2 rings (SSSR count). The lowest BCUT2D eigenvalue weighted by Gasteiger charge is -2.05. The van der Waals surface area contributed by atoms with E-state index in [0.717, 1.165) is 12.3 Å². The normalized spacial score (nSPS) is 16.3. The Labute approximate surface area is 104 Å². The van der Waals surface area contributed by atoms with Crippen molar-refractivity contribution in [1.82, 2.24) is 9.71 Å². The van der Waals surface area contributed by atoms with Crippen LogP contribution >= 0.6 is 15.9 Å². The van der Waals surface area contributed by atoms with Crippen molar-refractivity contribution in [2.45, 2.75) is 24.2 Å². The van der Waals surface area contributed by atoms with Gasteiger partial charge in [-0.1, -0.05) is 12.8 Å². The molecule has 4 nitrogen and oxygen atoms in total. The molecule has 0 atom stereocenters. The fourth-order valence-corrected chi connectivity index (χ4v) is 2.98. The fourth-order valence-electron chi connectivity index (χ4n) is 1.43. The third-order valence-corrected chi connectivity index (χ3v) is 4.39. The third kappa shape index (κ3) is 3.26. The van der Waals surface area contributed by atoms with E-state index in [1.54, 1.807) is 12.3 Å². The molecule has 0 amide bonds. The highest BCUT2D eigenvalue weighted by Crippen LogP contribution is 2.31. The zero-order chi connectivity index (χ0) is 11.6. The van der Waals surface area contributed by atoms with Gasteiger partial charge in [0.05, 0.1) is 0 Å². The van der Waals surface area contributed by atoms with E-state index in [1.807, 2.05) is 0 Å². The van der Waals surface area contributed by atoms with E-state index < -0.39 is 10.0 Å². The first kappa shape index (κ1) is 12.0. The molecule has 1 aromatic rings. The van der Waals surface area contributed by atoms with Crippen molar-refractivity contribution in [2.24, 2.45) is 5.92 Å². The molecule has 0 aromatic carbocycles. The Kier molecular flexibility index (Phi) is 3.61. The van der Waals surface area contributed by atoms with Crippen molar-refractivity contribution in [3.63, 3.8) is 0 Å². The van der Waals surface area contributed by atoms with Gasteiger partial charge in [0.1, 0.15) is 4.90 Å². The Balaban J connectivity index is 1.99. The molecule has 1 fully saturated rings. The molecular weight excluding hydrogens is 292 g/mol. The van der Waals surface area contributed by atoms with Crippen molar-refractivity contribution >= 4 is 26.0 Å². The van der Waals surface area contributed by atoms with E-state index in [-0.39, 0.29) is 4.90 Å². The van der Waals surface area contributed by atoms with Gasteiger partial charge in [-0.15, -0.1) is 0 Å². The molecule has 16 heavy (non-hydrogen) atoms. The van der Waals surface area contributed by atoms with Crippen LogP contribution in [-0.4, -0.2) is 19.9 Å². The minimum atomic E-state index is -3.39. The lowest BCUT2D eigenvalue weighted by Crippen LogP contribution is -2.25. The molecule has 0 unspecified atom stereocenters. The number of aromatic nitrogens is 1. The van der Waals surface area contributed by atoms with E-state index in [2.05, 4.69) is 25.6 Å². The van der Waals surface area contributed by atoms with E-state index in [0.29, 0.717) is 11.0 Å². The summed E-state index contributed by atoms with van der Waals surface area (Å²) < 4.78 is 26.9. The summed E-state index contributed by atoms with van der Waals surface area (Å²) in [6.07, 6.45) is 6.31. The molecular formula is C10H13BrN2O2S. The first-order valence-electron chi connectivity index (χ1n) is 5.18. The van der Waals surface area contributed by atoms with Crippen molar-refractivity contribution in [2.75, 3.05) is 6.54 Å². The second-order valence-electron chi connectivity index (χ2n) is 3.97. The molecule has 88 valence electrons. The molecule has 1 aliphatic carbocycles. The number of pyridine rings is 1. The molecule has 1 aromatic heterocycles. The Bertz CT molecular complexity index is 471. The van der Waals surface area contributed by atoms with Gasteiger partial charge in [0.15, 0.2) is 0 Å². The van der Waals surface area contributed by atoms with Gasteiger partial charge in [-0.2, -0.15) is 0 Å². The van der Waals surface area contributed by atoms with Crippen molar-refractivity contribution in [3.8, 4) is 0 Å². The maximum atomic E-state index is 11.8. The Morgan fingerprint density at radius 3 is 2.81 bits per heavy atom. The van der Waals surface area contributed by atoms with Crippen LogP contribution in [0.1, 0.15) is 19.3 Å². The average Bonchev–Trinajstić information content (AvgIpc) is 3.01. The summed E-state index contributed by atoms with van der Waals surface area (Å²) in [5.41, 5.74) is 0. The minimum Gasteiger partial charge on any atom is -0.262 e. The number of nitrogens with one attached hydrogen (secondary N) is 1. The zero-order valence-corrected chi connectivity index (χ0v) is 11.1. The monoisotopic (exact) mass is 304 g/mol. The summed E-state index contributed by atoms with van der Waals surface area (Å²) in [5.74, 6) is 0.725. The van der Waals surface area contributed by atoms with Gasteiger partial charge in [0.2, 0.25) is 10.0 Å². The highest BCUT2D eigenvalue weighted by Gasteiger charge is 2.22. The van der Waals surface area contributed by atoms with E-state index in [1.165, 1.54) is 19.0 Å².